The molecule has 0 aromatic heterocycles. The largest absolute Gasteiger partial charge is 0.339 e. The van der Waals surface area contributed by atoms with Crippen LogP contribution in [0.1, 0.15) is 0 Å². The van der Waals surface area contributed by atoms with Crippen molar-refractivity contribution in [3.05, 3.63) is 0 Å². The van der Waals surface area contributed by atoms with E-state index in [-0.39, 0.29) is 6.03 Å². The number of carbonyl (C=O) groups is 1. The van der Waals surface area contributed by atoms with Gasteiger partial charge in [0.15, 0.2) is 0 Å². The van der Waals surface area contributed by atoms with E-state index in [1.165, 1.54) is 0 Å². The van der Waals surface area contributed by atoms with Crippen LogP contribution < -0.4 is 11.1 Å². The van der Waals surface area contributed by atoms with Gasteiger partial charge in [0.2, 0.25) is 0 Å². The van der Waals surface area contributed by atoms with Crippen LogP contribution in [0.2, 0.25) is 0 Å². The van der Waals surface area contributed by atoms with Gasteiger partial charge in [0, 0.05) is 19.6 Å². The van der Waals surface area contributed by atoms with Crippen LogP contribution in [-0.2, 0) is 0 Å². The Kier molecular flexibility index (Phi) is 1.89. The Balaban J connectivity index is 2.31. The third-order valence-corrected chi connectivity index (χ3v) is 1.29. The lowest BCUT2D eigenvalue weighted by Gasteiger charge is -2.10. The highest BCUT2D eigenvalue weighted by Gasteiger charge is 2.19. The average molecular weight is 128 g/mol. The van der Waals surface area contributed by atoms with Crippen molar-refractivity contribution in [2.75, 3.05) is 26.2 Å². The normalized spacial score (nSPS) is 18.3. The fraction of sp³-hybridized carbons (Fsp3) is 0.800. The summed E-state index contributed by atoms with van der Waals surface area (Å²) < 4.78 is 0. The van der Waals surface area contributed by atoms with Gasteiger partial charge in [0.05, 0.1) is 6.54 Å². The van der Waals surface area contributed by atoms with Crippen molar-refractivity contribution in [2.45, 2.75) is 0 Å². The number of nitrogens with two attached hydrogens (primary N) is 1. The number of hydrogen-bond donors (Lipinski definition) is 1. The van der Waals surface area contributed by atoms with E-state index in [1.807, 2.05) is 0 Å². The Morgan fingerprint density at radius 1 is 1.78 bits per heavy atom. The van der Waals surface area contributed by atoms with E-state index in [9.17, 15) is 4.79 Å². The highest BCUT2D eigenvalue weighted by Crippen LogP contribution is 1.95. The van der Waals surface area contributed by atoms with Crippen molar-refractivity contribution >= 4 is 6.03 Å². The molecule has 0 aromatic carbocycles. The highest BCUT2D eigenvalue weighted by atomic mass is 16.2. The molecule has 9 heavy (non-hydrogen) atoms. The lowest BCUT2D eigenvalue weighted by molar-refractivity contribution is 0.218. The van der Waals surface area contributed by atoms with E-state index in [0.717, 1.165) is 6.54 Å². The van der Waals surface area contributed by atoms with Crippen LogP contribution in [0.15, 0.2) is 0 Å². The van der Waals surface area contributed by atoms with Crippen molar-refractivity contribution in [1.82, 2.24) is 10.2 Å². The van der Waals surface area contributed by atoms with Gasteiger partial charge in [-0.3, -0.25) is 0 Å². The van der Waals surface area contributed by atoms with Gasteiger partial charge in [-0.2, -0.15) is 0 Å². The lowest BCUT2D eigenvalue weighted by Crippen LogP contribution is -2.31. The van der Waals surface area contributed by atoms with Crippen LogP contribution in [0, 0.1) is 0 Å². The zero-order valence-electron chi connectivity index (χ0n) is 5.21. The van der Waals surface area contributed by atoms with Gasteiger partial charge in [0.25, 0.3) is 0 Å². The molecule has 1 rings (SSSR count). The smallest absolute Gasteiger partial charge is 0.329 e. The summed E-state index contributed by atoms with van der Waals surface area (Å²) in [6.07, 6.45) is 0. The summed E-state index contributed by atoms with van der Waals surface area (Å²) in [6.45, 7) is 2.55. The molecule has 2 N–H and O–H groups in total. The molecule has 0 unspecified atom stereocenters. The van der Waals surface area contributed by atoms with Crippen molar-refractivity contribution in [1.29, 1.82) is 0 Å². The van der Waals surface area contributed by atoms with Crippen LogP contribution in [-0.4, -0.2) is 37.1 Å². The summed E-state index contributed by atoms with van der Waals surface area (Å²) in [5, 5.41) is 3.67. The lowest BCUT2D eigenvalue weighted by atomic mass is 10.5. The maximum atomic E-state index is 10.7. The fourth-order valence-electron chi connectivity index (χ4n) is 0.825. The number of carbonyl (C=O) groups excluding carboxylic acids is 1. The molecular formula is C5H10N3O. The molecule has 4 heteroatoms. The van der Waals surface area contributed by atoms with Crippen molar-refractivity contribution in [3.8, 4) is 0 Å². The molecule has 1 aliphatic heterocycles. The number of urea groups is 1. The molecule has 2 amide bonds. The summed E-state index contributed by atoms with van der Waals surface area (Å²) >= 11 is 0. The Labute approximate surface area is 54.0 Å². The Morgan fingerprint density at radius 3 is 3.00 bits per heavy atom. The van der Waals surface area contributed by atoms with E-state index >= 15 is 0 Å². The van der Waals surface area contributed by atoms with Gasteiger partial charge in [-0.05, 0) is 0 Å². The van der Waals surface area contributed by atoms with Gasteiger partial charge >= 0.3 is 6.03 Å². The SMILES string of the molecule is NCCN1CC[N]C1=O. The molecule has 51 valence electrons. The summed E-state index contributed by atoms with van der Waals surface area (Å²) in [4.78, 5) is 12.3. The third kappa shape index (κ3) is 1.32. The van der Waals surface area contributed by atoms with Gasteiger partial charge in [-0.15, -0.1) is 0 Å². The quantitative estimate of drug-likeness (QED) is 0.517. The van der Waals surface area contributed by atoms with Crippen LogP contribution in [0.25, 0.3) is 0 Å². The number of nitrogens with zero attached hydrogens (tertiary/aromatic N) is 2. The van der Waals surface area contributed by atoms with Crippen molar-refractivity contribution < 1.29 is 4.79 Å². The van der Waals surface area contributed by atoms with E-state index < -0.39 is 0 Å². The molecule has 0 saturated carbocycles. The van der Waals surface area contributed by atoms with E-state index in [0.29, 0.717) is 19.6 Å². The molecule has 0 spiro atoms. The fourth-order valence-corrected chi connectivity index (χ4v) is 0.825. The van der Waals surface area contributed by atoms with Crippen LogP contribution in [0.4, 0.5) is 4.79 Å². The zero-order valence-corrected chi connectivity index (χ0v) is 5.21. The van der Waals surface area contributed by atoms with E-state index in [2.05, 4.69) is 5.32 Å². The Bertz CT molecular complexity index is 115. The van der Waals surface area contributed by atoms with Gasteiger partial charge in [-0.1, -0.05) is 0 Å². The second-order valence-electron chi connectivity index (χ2n) is 1.94. The molecule has 1 aliphatic rings. The molecule has 1 saturated heterocycles. The molecule has 0 atom stereocenters. The second-order valence-corrected chi connectivity index (χ2v) is 1.94. The first kappa shape index (κ1) is 6.35. The van der Waals surface area contributed by atoms with Crippen LogP contribution >= 0.6 is 0 Å². The van der Waals surface area contributed by atoms with Crippen LogP contribution in [0.3, 0.4) is 0 Å². The first-order valence-electron chi connectivity index (χ1n) is 3.01. The van der Waals surface area contributed by atoms with E-state index in [1.54, 1.807) is 4.90 Å². The molecule has 0 aliphatic carbocycles. The van der Waals surface area contributed by atoms with Gasteiger partial charge in [0.1, 0.15) is 0 Å². The predicted molar refractivity (Wildman–Crippen MR) is 33.0 cm³/mol. The minimum atomic E-state index is -0.111. The first-order valence-corrected chi connectivity index (χ1v) is 3.01. The predicted octanol–water partition coefficient (Wildman–Crippen LogP) is -1.01. The maximum absolute atomic E-state index is 10.7. The average Bonchev–Trinajstić information content (AvgIpc) is 2.18. The molecule has 0 bridgehead atoms. The summed E-state index contributed by atoms with van der Waals surface area (Å²) in [5.74, 6) is 0. The van der Waals surface area contributed by atoms with Crippen LogP contribution in [0.5, 0.6) is 0 Å². The topological polar surface area (TPSA) is 60.4 Å². The highest BCUT2D eigenvalue weighted by molar-refractivity contribution is 5.75. The first-order chi connectivity index (χ1) is 4.34. The van der Waals surface area contributed by atoms with Gasteiger partial charge < -0.3 is 10.6 Å². The molecule has 0 aromatic rings. The number of amides is 2. The Hall–Kier alpha value is -0.770. The van der Waals surface area contributed by atoms with Gasteiger partial charge in [-0.25, -0.2) is 10.1 Å². The third-order valence-electron chi connectivity index (χ3n) is 1.29. The molecule has 4 nitrogen and oxygen atoms in total. The van der Waals surface area contributed by atoms with Crippen molar-refractivity contribution in [3.63, 3.8) is 0 Å². The monoisotopic (exact) mass is 128 g/mol. The molecule has 1 heterocycles. The summed E-state index contributed by atoms with van der Waals surface area (Å²) in [6, 6.07) is -0.111. The van der Waals surface area contributed by atoms with Crippen molar-refractivity contribution in [2.24, 2.45) is 5.73 Å². The molecule has 1 fully saturated rings. The standard InChI is InChI=1S/C5H10N3O/c6-1-3-8-4-2-7-5(8)9/h1-4,6H2. The Morgan fingerprint density at radius 2 is 2.56 bits per heavy atom. The molecule has 1 radical (unpaired) electrons. The minimum Gasteiger partial charge on any atom is -0.329 e. The molecular weight excluding hydrogens is 118 g/mol. The number of hydrogen-bond acceptors (Lipinski definition) is 2. The minimum absolute atomic E-state index is 0.111. The number of rotatable bonds is 2. The maximum Gasteiger partial charge on any atom is 0.339 e. The summed E-state index contributed by atoms with van der Waals surface area (Å²) in [7, 11) is 0. The van der Waals surface area contributed by atoms with E-state index in [4.69, 9.17) is 5.73 Å². The summed E-state index contributed by atoms with van der Waals surface area (Å²) in [5.41, 5.74) is 5.24. The zero-order chi connectivity index (χ0) is 6.69. The second kappa shape index (κ2) is 2.68.